The fourth-order valence-corrected chi connectivity index (χ4v) is 4.04. The van der Waals surface area contributed by atoms with Crippen molar-refractivity contribution in [2.45, 2.75) is 11.4 Å². The molecule has 0 fully saturated rings. The number of aryl methyl sites for hydroxylation is 1. The summed E-state index contributed by atoms with van der Waals surface area (Å²) in [5, 5.41) is 7.54. The molecule has 20 heavy (non-hydrogen) atoms. The molecule has 1 amide bonds. The highest BCUT2D eigenvalue weighted by Gasteiger charge is 2.41. The van der Waals surface area contributed by atoms with E-state index in [9.17, 15) is 13.2 Å². The molecule has 1 aromatic carbocycles. The number of fused-ring (bicyclic) bond motifs is 1. The lowest BCUT2D eigenvalue weighted by Crippen LogP contribution is -2.29. The molecule has 0 saturated carbocycles. The SMILES string of the molecule is Cn1cc(CN2C(=O)c3cc(I)ccc3S2(=O)=O)nn1. The maximum absolute atomic E-state index is 12.4. The van der Waals surface area contributed by atoms with Gasteiger partial charge in [0.15, 0.2) is 0 Å². The number of benzene rings is 1. The average molecular weight is 404 g/mol. The van der Waals surface area contributed by atoms with Crippen molar-refractivity contribution >= 4 is 38.5 Å². The van der Waals surface area contributed by atoms with Gasteiger partial charge < -0.3 is 0 Å². The molecule has 3 rings (SSSR count). The van der Waals surface area contributed by atoms with Crippen molar-refractivity contribution in [1.82, 2.24) is 19.3 Å². The van der Waals surface area contributed by atoms with E-state index in [1.165, 1.54) is 10.7 Å². The Morgan fingerprint density at radius 3 is 2.75 bits per heavy atom. The molecule has 1 aromatic heterocycles. The Kier molecular flexibility index (Phi) is 3.05. The van der Waals surface area contributed by atoms with Crippen LogP contribution in [0.1, 0.15) is 16.1 Å². The molecular weight excluding hydrogens is 395 g/mol. The number of hydrogen-bond donors (Lipinski definition) is 0. The minimum atomic E-state index is -3.80. The van der Waals surface area contributed by atoms with Gasteiger partial charge in [0.05, 0.1) is 12.1 Å². The first kappa shape index (κ1) is 13.5. The molecule has 0 saturated heterocycles. The largest absolute Gasteiger partial charge is 0.269 e. The molecule has 9 heteroatoms. The van der Waals surface area contributed by atoms with Crippen molar-refractivity contribution in [2.75, 3.05) is 0 Å². The van der Waals surface area contributed by atoms with E-state index in [1.807, 2.05) is 22.6 Å². The number of aromatic nitrogens is 3. The number of nitrogens with zero attached hydrogens (tertiary/aromatic N) is 4. The van der Waals surface area contributed by atoms with E-state index in [-0.39, 0.29) is 17.0 Å². The molecular formula is C11H9IN4O3S. The number of halogens is 1. The van der Waals surface area contributed by atoms with Crippen molar-refractivity contribution < 1.29 is 13.2 Å². The second-order valence-electron chi connectivity index (χ2n) is 4.34. The van der Waals surface area contributed by atoms with Crippen molar-refractivity contribution in [1.29, 1.82) is 0 Å². The van der Waals surface area contributed by atoms with Crippen LogP contribution in [0.5, 0.6) is 0 Å². The molecule has 0 aliphatic carbocycles. The molecule has 0 radical (unpaired) electrons. The Labute approximate surface area is 128 Å². The Balaban J connectivity index is 2.05. The van der Waals surface area contributed by atoms with Gasteiger partial charge in [-0.05, 0) is 40.8 Å². The van der Waals surface area contributed by atoms with E-state index >= 15 is 0 Å². The minimum absolute atomic E-state index is 0.0480. The first-order valence-electron chi connectivity index (χ1n) is 5.61. The molecule has 104 valence electrons. The summed E-state index contributed by atoms with van der Waals surface area (Å²) in [6.07, 6.45) is 1.58. The second-order valence-corrected chi connectivity index (χ2v) is 7.42. The van der Waals surface area contributed by atoms with Gasteiger partial charge in [0.1, 0.15) is 10.6 Å². The second kappa shape index (κ2) is 4.52. The fraction of sp³-hybridized carbons (Fsp3) is 0.182. The van der Waals surface area contributed by atoms with Crippen LogP contribution in [0, 0.1) is 3.57 Å². The van der Waals surface area contributed by atoms with Gasteiger partial charge in [-0.3, -0.25) is 9.48 Å². The third-order valence-corrected chi connectivity index (χ3v) is 5.38. The van der Waals surface area contributed by atoms with Crippen LogP contribution >= 0.6 is 22.6 Å². The number of carbonyl (C=O) groups is 1. The maximum atomic E-state index is 12.4. The number of carbonyl (C=O) groups excluding carboxylic acids is 1. The van der Waals surface area contributed by atoms with E-state index in [4.69, 9.17) is 0 Å². The highest BCUT2D eigenvalue weighted by atomic mass is 127. The van der Waals surface area contributed by atoms with Crippen LogP contribution in [0.25, 0.3) is 0 Å². The number of sulfonamides is 1. The average Bonchev–Trinajstić information content (AvgIpc) is 2.86. The number of amides is 1. The Bertz CT molecular complexity index is 815. The van der Waals surface area contributed by atoms with Crippen LogP contribution < -0.4 is 0 Å². The predicted octanol–water partition coefficient (Wildman–Crippen LogP) is 0.764. The van der Waals surface area contributed by atoms with E-state index in [1.54, 1.807) is 25.4 Å². The van der Waals surface area contributed by atoms with Gasteiger partial charge in [-0.25, -0.2) is 12.7 Å². The molecule has 0 spiro atoms. The zero-order valence-corrected chi connectivity index (χ0v) is 13.3. The molecule has 2 heterocycles. The van der Waals surface area contributed by atoms with Gasteiger partial charge in [-0.1, -0.05) is 5.21 Å². The van der Waals surface area contributed by atoms with Crippen molar-refractivity contribution in [2.24, 2.45) is 7.05 Å². The molecule has 1 aliphatic heterocycles. The van der Waals surface area contributed by atoms with Crippen LogP contribution in [0.3, 0.4) is 0 Å². The normalized spacial score (nSPS) is 16.5. The van der Waals surface area contributed by atoms with Gasteiger partial charge in [0.2, 0.25) is 0 Å². The highest BCUT2D eigenvalue weighted by Crippen LogP contribution is 2.32. The van der Waals surface area contributed by atoms with Crippen molar-refractivity contribution in [3.05, 3.63) is 39.2 Å². The topological polar surface area (TPSA) is 85.2 Å². The zero-order chi connectivity index (χ0) is 14.5. The van der Waals surface area contributed by atoms with Gasteiger partial charge in [-0.2, -0.15) is 0 Å². The van der Waals surface area contributed by atoms with Crippen molar-refractivity contribution in [3.63, 3.8) is 0 Å². The highest BCUT2D eigenvalue weighted by molar-refractivity contribution is 14.1. The summed E-state index contributed by atoms with van der Waals surface area (Å²) < 4.78 is 27.8. The molecule has 2 aromatic rings. The number of rotatable bonds is 2. The number of hydrogen-bond acceptors (Lipinski definition) is 5. The summed E-state index contributed by atoms with van der Waals surface area (Å²) in [6, 6.07) is 4.70. The van der Waals surface area contributed by atoms with Gasteiger partial charge in [-0.15, -0.1) is 5.10 Å². The van der Waals surface area contributed by atoms with E-state index in [2.05, 4.69) is 10.3 Å². The molecule has 0 unspecified atom stereocenters. The smallest absolute Gasteiger partial charge is 0.268 e. The summed E-state index contributed by atoms with van der Waals surface area (Å²) in [6.45, 7) is -0.111. The fourth-order valence-electron chi connectivity index (χ4n) is 2.03. The first-order chi connectivity index (χ1) is 9.39. The lowest BCUT2D eigenvalue weighted by molar-refractivity contribution is 0.0864. The summed E-state index contributed by atoms with van der Waals surface area (Å²) in [7, 11) is -2.12. The van der Waals surface area contributed by atoms with Crippen LogP contribution in [-0.4, -0.2) is 33.6 Å². The lowest BCUT2D eigenvalue weighted by Gasteiger charge is -2.12. The Morgan fingerprint density at radius 1 is 1.35 bits per heavy atom. The summed E-state index contributed by atoms with van der Waals surface area (Å²) >= 11 is 2.04. The molecule has 7 nitrogen and oxygen atoms in total. The molecule has 0 atom stereocenters. The van der Waals surface area contributed by atoms with Crippen LogP contribution in [0.4, 0.5) is 0 Å². The monoisotopic (exact) mass is 404 g/mol. The third kappa shape index (κ3) is 2.00. The molecule has 1 aliphatic rings. The predicted molar refractivity (Wildman–Crippen MR) is 77.2 cm³/mol. The van der Waals surface area contributed by atoms with Gasteiger partial charge in [0, 0.05) is 16.8 Å². The van der Waals surface area contributed by atoms with E-state index in [0.29, 0.717) is 5.69 Å². The third-order valence-electron chi connectivity index (χ3n) is 2.92. The summed E-state index contributed by atoms with van der Waals surface area (Å²) in [4.78, 5) is 12.3. The molecule has 0 bridgehead atoms. The lowest BCUT2D eigenvalue weighted by atomic mass is 10.2. The van der Waals surface area contributed by atoms with Gasteiger partial charge >= 0.3 is 0 Å². The van der Waals surface area contributed by atoms with E-state index in [0.717, 1.165) is 7.88 Å². The Morgan fingerprint density at radius 2 is 2.10 bits per heavy atom. The quantitative estimate of drug-likeness (QED) is 0.691. The zero-order valence-electron chi connectivity index (χ0n) is 10.3. The minimum Gasteiger partial charge on any atom is -0.268 e. The van der Waals surface area contributed by atoms with Crippen LogP contribution in [0.15, 0.2) is 29.3 Å². The van der Waals surface area contributed by atoms with E-state index < -0.39 is 15.9 Å². The van der Waals surface area contributed by atoms with Gasteiger partial charge in [0.25, 0.3) is 15.9 Å². The summed E-state index contributed by atoms with van der Waals surface area (Å²) in [5.41, 5.74) is 0.632. The maximum Gasteiger partial charge on any atom is 0.269 e. The summed E-state index contributed by atoms with van der Waals surface area (Å²) in [5.74, 6) is -0.524. The van der Waals surface area contributed by atoms with Crippen molar-refractivity contribution in [3.8, 4) is 0 Å². The van der Waals surface area contributed by atoms with Crippen LogP contribution in [-0.2, 0) is 23.6 Å². The van der Waals surface area contributed by atoms with Crippen LogP contribution in [0.2, 0.25) is 0 Å². The Hall–Kier alpha value is -1.49. The standard InChI is InChI=1S/C11H9IN4O3S/c1-15-5-8(13-14-15)6-16-11(17)9-4-7(12)2-3-10(9)20(16,18)19/h2-5H,6H2,1H3. The first-order valence-corrected chi connectivity index (χ1v) is 8.13. The molecule has 0 N–H and O–H groups in total.